The van der Waals surface area contributed by atoms with Gasteiger partial charge in [0.05, 0.1) is 0 Å². The summed E-state index contributed by atoms with van der Waals surface area (Å²) in [4.78, 5) is 37.9. The summed E-state index contributed by atoms with van der Waals surface area (Å²) in [5, 5.41) is 0. The molecule has 0 spiro atoms. The first-order chi connectivity index (χ1) is 32.5. The van der Waals surface area contributed by atoms with Crippen LogP contribution in [0.2, 0.25) is 0 Å². The van der Waals surface area contributed by atoms with Crippen molar-refractivity contribution in [2.75, 3.05) is 13.2 Å². The smallest absolute Gasteiger partial charge is 0.306 e. The lowest BCUT2D eigenvalue weighted by molar-refractivity contribution is -0.167. The monoisotopic (exact) mass is 921 g/mol. The molecule has 0 amide bonds. The summed E-state index contributed by atoms with van der Waals surface area (Å²) < 4.78 is 16.8. The van der Waals surface area contributed by atoms with E-state index in [0.717, 1.165) is 96.3 Å². The van der Waals surface area contributed by atoms with Crippen LogP contribution in [-0.4, -0.2) is 37.2 Å². The summed E-state index contributed by atoms with van der Waals surface area (Å²) in [6.07, 6.45) is 69.1. The molecular weight excluding hydrogens is 817 g/mol. The summed E-state index contributed by atoms with van der Waals surface area (Å²) >= 11 is 0. The fourth-order valence-corrected chi connectivity index (χ4v) is 7.76. The Hall–Kier alpha value is -3.15. The molecule has 66 heavy (non-hydrogen) atoms. The molecule has 0 radical (unpaired) electrons. The second kappa shape index (κ2) is 54.5. The number of hydrogen-bond donors (Lipinski definition) is 0. The van der Waals surface area contributed by atoms with Crippen molar-refractivity contribution >= 4 is 17.9 Å². The second-order valence-corrected chi connectivity index (χ2v) is 18.5. The van der Waals surface area contributed by atoms with Crippen molar-refractivity contribution in [2.45, 2.75) is 277 Å². The molecule has 0 aliphatic rings. The number of esters is 3. The molecule has 0 heterocycles. The van der Waals surface area contributed by atoms with Crippen LogP contribution < -0.4 is 0 Å². The van der Waals surface area contributed by atoms with Gasteiger partial charge in [0, 0.05) is 19.3 Å². The minimum Gasteiger partial charge on any atom is -0.462 e. The minimum atomic E-state index is -0.778. The van der Waals surface area contributed by atoms with Gasteiger partial charge in [-0.15, -0.1) is 0 Å². The Kier molecular flexibility index (Phi) is 51.9. The molecule has 6 heteroatoms. The highest BCUT2D eigenvalue weighted by Gasteiger charge is 2.19. The lowest BCUT2D eigenvalue weighted by Gasteiger charge is -2.18. The Morgan fingerprint density at radius 3 is 0.939 bits per heavy atom. The molecule has 0 fully saturated rings. The molecular formula is C60H104O6. The highest BCUT2D eigenvalue weighted by molar-refractivity contribution is 5.71. The highest BCUT2D eigenvalue weighted by atomic mass is 16.6. The summed E-state index contributed by atoms with van der Waals surface area (Å²) in [6.45, 7) is 6.47. The van der Waals surface area contributed by atoms with Gasteiger partial charge in [-0.2, -0.15) is 0 Å². The first-order valence-electron chi connectivity index (χ1n) is 27.9. The van der Waals surface area contributed by atoms with Gasteiger partial charge < -0.3 is 14.2 Å². The van der Waals surface area contributed by atoms with Gasteiger partial charge in [0.15, 0.2) is 6.10 Å². The van der Waals surface area contributed by atoms with Gasteiger partial charge in [-0.05, 0) is 89.9 Å². The zero-order valence-corrected chi connectivity index (χ0v) is 43.4. The molecule has 0 bridgehead atoms. The van der Waals surface area contributed by atoms with Gasteiger partial charge in [-0.1, -0.05) is 235 Å². The molecule has 380 valence electrons. The molecule has 0 rings (SSSR count). The van der Waals surface area contributed by atoms with Crippen molar-refractivity contribution in [1.82, 2.24) is 0 Å². The Morgan fingerprint density at radius 2 is 0.591 bits per heavy atom. The van der Waals surface area contributed by atoms with E-state index in [1.165, 1.54) is 135 Å². The number of ether oxygens (including phenoxy) is 3. The fourth-order valence-electron chi connectivity index (χ4n) is 7.76. The van der Waals surface area contributed by atoms with Crippen molar-refractivity contribution in [2.24, 2.45) is 0 Å². The Balaban J connectivity index is 4.21. The number of hydrogen-bond acceptors (Lipinski definition) is 6. The summed E-state index contributed by atoms with van der Waals surface area (Å²) in [5.74, 6) is -0.892. The van der Waals surface area contributed by atoms with Crippen molar-refractivity contribution < 1.29 is 28.6 Å². The predicted molar refractivity (Wildman–Crippen MR) is 284 cm³/mol. The fraction of sp³-hybridized carbons (Fsp3) is 0.750. The SMILES string of the molecule is CC/C=C\C/C=C\C/C=C\C/C=C\CCCCCCCCCCCCC(=O)OCC(COC(=O)CCCCCCCCC)OC(=O)CCCCCCCCC/C=C\C/C=C\CCCCCC. The third kappa shape index (κ3) is 51.8. The number of carbonyl (C=O) groups excluding carboxylic acids is 3. The number of carbonyl (C=O) groups is 3. The van der Waals surface area contributed by atoms with Crippen LogP contribution in [-0.2, 0) is 28.6 Å². The van der Waals surface area contributed by atoms with Crippen LogP contribution in [0.3, 0.4) is 0 Å². The normalized spacial score (nSPS) is 12.6. The van der Waals surface area contributed by atoms with Crippen LogP contribution in [0.5, 0.6) is 0 Å². The molecule has 0 saturated heterocycles. The molecule has 6 nitrogen and oxygen atoms in total. The van der Waals surface area contributed by atoms with E-state index in [9.17, 15) is 14.4 Å². The maximum Gasteiger partial charge on any atom is 0.306 e. The molecule has 0 aliphatic heterocycles. The van der Waals surface area contributed by atoms with Gasteiger partial charge in [-0.3, -0.25) is 14.4 Å². The van der Waals surface area contributed by atoms with Gasteiger partial charge in [0.1, 0.15) is 13.2 Å². The molecule has 0 aromatic carbocycles. The van der Waals surface area contributed by atoms with E-state index in [2.05, 4.69) is 93.7 Å². The second-order valence-electron chi connectivity index (χ2n) is 18.5. The first-order valence-corrected chi connectivity index (χ1v) is 27.9. The van der Waals surface area contributed by atoms with Crippen LogP contribution in [0.4, 0.5) is 0 Å². The zero-order chi connectivity index (χ0) is 47.9. The lowest BCUT2D eigenvalue weighted by atomic mass is 10.1. The Bertz CT molecular complexity index is 1240. The van der Waals surface area contributed by atoms with E-state index in [0.29, 0.717) is 19.3 Å². The van der Waals surface area contributed by atoms with Crippen molar-refractivity contribution in [3.05, 3.63) is 72.9 Å². The quantitative estimate of drug-likeness (QED) is 0.0262. The average Bonchev–Trinajstić information content (AvgIpc) is 3.31. The number of allylic oxidation sites excluding steroid dienone is 12. The van der Waals surface area contributed by atoms with Gasteiger partial charge in [0.25, 0.3) is 0 Å². The van der Waals surface area contributed by atoms with Gasteiger partial charge >= 0.3 is 17.9 Å². The number of unbranched alkanes of at least 4 members (excludes halogenated alkanes) is 27. The Labute approximate surface area is 408 Å². The summed E-state index contributed by atoms with van der Waals surface area (Å²) in [6, 6.07) is 0. The van der Waals surface area contributed by atoms with Crippen LogP contribution >= 0.6 is 0 Å². The minimum absolute atomic E-state index is 0.0787. The van der Waals surface area contributed by atoms with Crippen LogP contribution in [0.25, 0.3) is 0 Å². The molecule has 0 aliphatic carbocycles. The first kappa shape index (κ1) is 62.8. The third-order valence-electron chi connectivity index (χ3n) is 11.9. The van der Waals surface area contributed by atoms with Crippen LogP contribution in [0.1, 0.15) is 271 Å². The maximum atomic E-state index is 12.8. The molecule has 1 atom stereocenters. The van der Waals surface area contributed by atoms with E-state index in [-0.39, 0.29) is 31.1 Å². The van der Waals surface area contributed by atoms with Crippen LogP contribution in [0.15, 0.2) is 72.9 Å². The number of rotatable bonds is 50. The van der Waals surface area contributed by atoms with E-state index in [1.807, 2.05) is 0 Å². The largest absolute Gasteiger partial charge is 0.462 e. The zero-order valence-electron chi connectivity index (χ0n) is 43.4. The third-order valence-corrected chi connectivity index (χ3v) is 11.9. The van der Waals surface area contributed by atoms with Crippen LogP contribution in [0, 0.1) is 0 Å². The van der Waals surface area contributed by atoms with Crippen molar-refractivity contribution in [1.29, 1.82) is 0 Å². The van der Waals surface area contributed by atoms with E-state index >= 15 is 0 Å². The van der Waals surface area contributed by atoms with Crippen molar-refractivity contribution in [3.63, 3.8) is 0 Å². The molecule has 1 unspecified atom stereocenters. The molecule has 0 aromatic rings. The summed E-state index contributed by atoms with van der Waals surface area (Å²) in [7, 11) is 0. The van der Waals surface area contributed by atoms with E-state index < -0.39 is 6.10 Å². The van der Waals surface area contributed by atoms with Gasteiger partial charge in [0.2, 0.25) is 0 Å². The maximum absolute atomic E-state index is 12.8. The average molecular weight is 921 g/mol. The lowest BCUT2D eigenvalue weighted by Crippen LogP contribution is -2.30. The topological polar surface area (TPSA) is 78.9 Å². The van der Waals surface area contributed by atoms with E-state index in [1.54, 1.807) is 0 Å². The molecule has 0 saturated carbocycles. The van der Waals surface area contributed by atoms with Crippen molar-refractivity contribution in [3.8, 4) is 0 Å². The van der Waals surface area contributed by atoms with Gasteiger partial charge in [-0.25, -0.2) is 0 Å². The highest BCUT2D eigenvalue weighted by Crippen LogP contribution is 2.15. The standard InChI is InChI=1S/C60H104O6/c1-4-7-10-13-16-18-20-22-24-26-28-29-30-31-32-34-35-37-39-41-44-47-50-53-59(62)65-56-57(55-64-58(61)52-49-46-43-15-12-9-6-3)66-60(63)54-51-48-45-42-40-38-36-33-27-25-23-21-19-17-14-11-8-5-2/h7,10,16,18-19,21-22,24-25,27-29,57H,4-6,8-9,11-15,17,20,23,26,30-56H2,1-3H3/b10-7-,18-16-,21-19-,24-22-,27-25-,29-28-. The predicted octanol–water partition coefficient (Wildman–Crippen LogP) is 18.6. The van der Waals surface area contributed by atoms with E-state index in [4.69, 9.17) is 14.2 Å². The molecule has 0 aromatic heterocycles. The molecule has 0 N–H and O–H groups in total. The Morgan fingerprint density at radius 1 is 0.318 bits per heavy atom. The summed E-state index contributed by atoms with van der Waals surface area (Å²) in [5.41, 5.74) is 0.